The van der Waals surface area contributed by atoms with Crippen LogP contribution in [0.5, 0.6) is 5.75 Å². The van der Waals surface area contributed by atoms with Gasteiger partial charge in [-0.25, -0.2) is 0 Å². The van der Waals surface area contributed by atoms with E-state index in [-0.39, 0.29) is 12.2 Å². The lowest BCUT2D eigenvalue weighted by Gasteiger charge is -2.00. The Hall–Kier alpha value is -1.51. The summed E-state index contributed by atoms with van der Waals surface area (Å²) in [5.74, 6) is -0.772. The molecule has 3 heteroatoms. The van der Waals surface area contributed by atoms with Gasteiger partial charge in [0.1, 0.15) is 5.75 Å². The maximum absolute atomic E-state index is 10.3. The van der Waals surface area contributed by atoms with Crippen molar-refractivity contribution in [3.63, 3.8) is 0 Å². The maximum atomic E-state index is 10.3. The van der Waals surface area contributed by atoms with Gasteiger partial charge in [0.05, 0.1) is 6.42 Å². The van der Waals surface area contributed by atoms with Crippen molar-refractivity contribution in [2.24, 2.45) is 0 Å². The van der Waals surface area contributed by atoms with Crippen LogP contribution in [0.1, 0.15) is 11.1 Å². The van der Waals surface area contributed by atoms with Crippen molar-refractivity contribution in [1.82, 2.24) is 0 Å². The molecule has 1 aromatic carbocycles. The van der Waals surface area contributed by atoms with E-state index >= 15 is 0 Å². The summed E-state index contributed by atoms with van der Waals surface area (Å²) in [5, 5.41) is 17.6. The minimum absolute atomic E-state index is 0.0464. The highest BCUT2D eigenvalue weighted by Gasteiger charge is 2.01. The predicted molar refractivity (Wildman–Crippen MR) is 44.2 cm³/mol. The van der Waals surface area contributed by atoms with Crippen molar-refractivity contribution in [2.45, 2.75) is 13.3 Å². The third-order valence-electron chi connectivity index (χ3n) is 1.48. The summed E-state index contributed by atoms with van der Waals surface area (Å²) in [5.41, 5.74) is 1.49. The number of hydrogen-bond acceptors (Lipinski definition) is 2. The van der Waals surface area contributed by atoms with E-state index in [4.69, 9.17) is 10.2 Å². The molecular formula is C9H10O3. The van der Waals surface area contributed by atoms with E-state index < -0.39 is 5.97 Å². The first kappa shape index (κ1) is 8.59. The number of rotatable bonds is 2. The van der Waals surface area contributed by atoms with Crippen LogP contribution in [0.4, 0.5) is 0 Å². The van der Waals surface area contributed by atoms with Crippen LogP contribution in [0.15, 0.2) is 18.2 Å². The summed E-state index contributed by atoms with van der Waals surface area (Å²) < 4.78 is 0. The van der Waals surface area contributed by atoms with Gasteiger partial charge in [0.2, 0.25) is 0 Å². The molecule has 0 unspecified atom stereocenters. The van der Waals surface area contributed by atoms with Crippen LogP contribution >= 0.6 is 0 Å². The first-order valence-electron chi connectivity index (χ1n) is 3.59. The normalized spacial score (nSPS) is 9.75. The molecule has 0 radical (unpaired) electrons. The quantitative estimate of drug-likeness (QED) is 0.696. The number of aliphatic carboxylic acids is 1. The molecule has 0 aromatic heterocycles. The van der Waals surface area contributed by atoms with Crippen molar-refractivity contribution >= 4 is 5.97 Å². The topological polar surface area (TPSA) is 57.5 Å². The summed E-state index contributed by atoms with van der Waals surface area (Å²) in [7, 11) is 0. The van der Waals surface area contributed by atoms with Crippen LogP contribution in [0.2, 0.25) is 0 Å². The number of carboxylic acids is 1. The molecule has 0 atom stereocenters. The SMILES string of the molecule is Cc1cc(O)cc(CC(=O)O)c1. The number of phenols is 1. The molecule has 0 amide bonds. The zero-order chi connectivity index (χ0) is 9.14. The molecule has 0 aliphatic carbocycles. The van der Waals surface area contributed by atoms with Crippen LogP contribution in [-0.2, 0) is 11.2 Å². The van der Waals surface area contributed by atoms with E-state index in [1.54, 1.807) is 12.1 Å². The summed E-state index contributed by atoms with van der Waals surface area (Å²) in [6.07, 6.45) is -0.0464. The Kier molecular flexibility index (Phi) is 2.33. The summed E-state index contributed by atoms with van der Waals surface area (Å²) >= 11 is 0. The first-order chi connectivity index (χ1) is 5.58. The van der Waals surface area contributed by atoms with Crippen LogP contribution in [-0.4, -0.2) is 16.2 Å². The second-order valence-electron chi connectivity index (χ2n) is 2.75. The molecule has 0 spiro atoms. The van der Waals surface area contributed by atoms with Crippen molar-refractivity contribution in [1.29, 1.82) is 0 Å². The zero-order valence-electron chi connectivity index (χ0n) is 6.74. The lowest BCUT2D eigenvalue weighted by atomic mass is 10.1. The number of carbonyl (C=O) groups is 1. The lowest BCUT2D eigenvalue weighted by molar-refractivity contribution is -0.136. The lowest BCUT2D eigenvalue weighted by Crippen LogP contribution is -1.99. The fourth-order valence-electron chi connectivity index (χ4n) is 1.12. The van der Waals surface area contributed by atoms with E-state index in [0.29, 0.717) is 5.56 Å². The Balaban J connectivity index is 2.93. The van der Waals surface area contributed by atoms with Gasteiger partial charge in [-0.1, -0.05) is 6.07 Å². The van der Waals surface area contributed by atoms with Gasteiger partial charge in [-0.15, -0.1) is 0 Å². The number of phenolic OH excluding ortho intramolecular Hbond substituents is 1. The Labute approximate surface area is 70.3 Å². The van der Waals surface area contributed by atoms with Gasteiger partial charge < -0.3 is 10.2 Å². The monoisotopic (exact) mass is 166 g/mol. The van der Waals surface area contributed by atoms with Crippen molar-refractivity contribution in [3.8, 4) is 5.75 Å². The molecule has 1 rings (SSSR count). The highest BCUT2D eigenvalue weighted by Crippen LogP contribution is 2.15. The largest absolute Gasteiger partial charge is 0.508 e. The summed E-state index contributed by atoms with van der Waals surface area (Å²) in [4.78, 5) is 10.3. The van der Waals surface area contributed by atoms with Crippen LogP contribution in [0.25, 0.3) is 0 Å². The molecule has 2 N–H and O–H groups in total. The number of benzene rings is 1. The predicted octanol–water partition coefficient (Wildman–Crippen LogP) is 1.33. The Morgan fingerprint density at radius 1 is 1.42 bits per heavy atom. The number of carboxylic acid groups (broad SMARTS) is 1. The molecule has 0 heterocycles. The van der Waals surface area contributed by atoms with Crippen molar-refractivity contribution in [2.75, 3.05) is 0 Å². The van der Waals surface area contributed by atoms with Gasteiger partial charge in [0.15, 0.2) is 0 Å². The fourth-order valence-corrected chi connectivity index (χ4v) is 1.12. The molecule has 0 saturated heterocycles. The Morgan fingerprint density at radius 2 is 2.08 bits per heavy atom. The molecule has 0 bridgehead atoms. The molecular weight excluding hydrogens is 156 g/mol. The van der Waals surface area contributed by atoms with Gasteiger partial charge in [-0.05, 0) is 30.2 Å². The van der Waals surface area contributed by atoms with Gasteiger partial charge in [-0.3, -0.25) is 4.79 Å². The highest BCUT2D eigenvalue weighted by atomic mass is 16.4. The van der Waals surface area contributed by atoms with Gasteiger partial charge in [-0.2, -0.15) is 0 Å². The first-order valence-corrected chi connectivity index (χ1v) is 3.59. The van der Waals surface area contributed by atoms with Gasteiger partial charge >= 0.3 is 5.97 Å². The third kappa shape index (κ3) is 2.27. The Bertz CT molecular complexity index is 284. The summed E-state index contributed by atoms with van der Waals surface area (Å²) in [6, 6.07) is 4.79. The number of aromatic hydroxyl groups is 1. The number of aryl methyl sites for hydroxylation is 1. The molecule has 0 fully saturated rings. The second kappa shape index (κ2) is 3.26. The van der Waals surface area contributed by atoms with E-state index in [2.05, 4.69) is 0 Å². The second-order valence-corrected chi connectivity index (χ2v) is 2.75. The zero-order valence-corrected chi connectivity index (χ0v) is 6.74. The average Bonchev–Trinajstić information content (AvgIpc) is 1.81. The van der Waals surface area contributed by atoms with Crippen molar-refractivity contribution < 1.29 is 15.0 Å². The van der Waals surface area contributed by atoms with Gasteiger partial charge in [0, 0.05) is 0 Å². The van der Waals surface area contributed by atoms with Crippen LogP contribution < -0.4 is 0 Å². The molecule has 0 saturated carbocycles. The minimum atomic E-state index is -0.889. The maximum Gasteiger partial charge on any atom is 0.307 e. The fraction of sp³-hybridized carbons (Fsp3) is 0.222. The van der Waals surface area contributed by atoms with Crippen molar-refractivity contribution in [3.05, 3.63) is 29.3 Å². The van der Waals surface area contributed by atoms with E-state index in [1.165, 1.54) is 6.07 Å². The van der Waals surface area contributed by atoms with Crippen LogP contribution in [0, 0.1) is 6.92 Å². The molecule has 0 aliphatic heterocycles. The van der Waals surface area contributed by atoms with E-state index in [1.807, 2.05) is 6.92 Å². The van der Waals surface area contributed by atoms with Gasteiger partial charge in [0.25, 0.3) is 0 Å². The molecule has 0 aliphatic rings. The average molecular weight is 166 g/mol. The molecule has 64 valence electrons. The molecule has 12 heavy (non-hydrogen) atoms. The standard InChI is InChI=1S/C9H10O3/c1-6-2-7(5-9(11)12)4-8(10)3-6/h2-4,10H,5H2,1H3,(H,11,12). The number of hydrogen-bond donors (Lipinski definition) is 2. The highest BCUT2D eigenvalue weighted by molar-refractivity contribution is 5.70. The van der Waals surface area contributed by atoms with Crippen LogP contribution in [0.3, 0.4) is 0 Å². The third-order valence-corrected chi connectivity index (χ3v) is 1.48. The molecule has 3 nitrogen and oxygen atoms in total. The van der Waals surface area contributed by atoms with E-state index in [9.17, 15) is 4.79 Å². The van der Waals surface area contributed by atoms with E-state index in [0.717, 1.165) is 5.56 Å². The molecule has 1 aromatic rings. The minimum Gasteiger partial charge on any atom is -0.508 e. The summed E-state index contributed by atoms with van der Waals surface area (Å²) in [6.45, 7) is 1.81. The smallest absolute Gasteiger partial charge is 0.307 e. The Morgan fingerprint density at radius 3 is 2.58 bits per heavy atom.